The summed E-state index contributed by atoms with van der Waals surface area (Å²) in [5.74, 6) is 0. The zero-order valence-electron chi connectivity index (χ0n) is 6.19. The van der Waals surface area contributed by atoms with Crippen molar-refractivity contribution in [3.63, 3.8) is 0 Å². The van der Waals surface area contributed by atoms with Gasteiger partial charge in [-0.2, -0.15) is 0 Å². The van der Waals surface area contributed by atoms with Crippen molar-refractivity contribution in [3.05, 3.63) is 12.2 Å². The van der Waals surface area contributed by atoms with Gasteiger partial charge in [-0.25, -0.2) is 0 Å². The summed E-state index contributed by atoms with van der Waals surface area (Å²) in [7, 11) is 0. The molecule has 1 unspecified atom stereocenters. The van der Waals surface area contributed by atoms with Crippen molar-refractivity contribution < 1.29 is 0 Å². The predicted octanol–water partition coefficient (Wildman–Crippen LogP) is 0.268. The standard InChI is InChI=1S/C8H14N2/c1-2-5-10-8(3-1)4-6-9-7-8/h1,3,9-10H,2,4-7H2. The maximum Gasteiger partial charge on any atom is 0.0503 e. The van der Waals surface area contributed by atoms with Gasteiger partial charge < -0.3 is 10.6 Å². The van der Waals surface area contributed by atoms with E-state index in [9.17, 15) is 0 Å². The number of hydrogen-bond acceptors (Lipinski definition) is 2. The SMILES string of the molecule is C1=CC2(CCNC2)NCC1. The van der Waals surface area contributed by atoms with Crippen molar-refractivity contribution in [1.29, 1.82) is 0 Å². The summed E-state index contributed by atoms with van der Waals surface area (Å²) in [4.78, 5) is 0. The fourth-order valence-corrected chi connectivity index (χ4v) is 1.78. The van der Waals surface area contributed by atoms with Crippen LogP contribution in [0.2, 0.25) is 0 Å². The van der Waals surface area contributed by atoms with E-state index in [-0.39, 0.29) is 0 Å². The molecule has 0 aromatic rings. The molecule has 0 aromatic heterocycles. The first-order chi connectivity index (χ1) is 4.91. The van der Waals surface area contributed by atoms with Gasteiger partial charge in [0, 0.05) is 6.54 Å². The summed E-state index contributed by atoms with van der Waals surface area (Å²) in [6.07, 6.45) is 7.07. The maximum atomic E-state index is 3.55. The molecule has 2 rings (SSSR count). The molecule has 0 aromatic carbocycles. The van der Waals surface area contributed by atoms with Crippen LogP contribution in [0.4, 0.5) is 0 Å². The summed E-state index contributed by atoms with van der Waals surface area (Å²) >= 11 is 0. The molecule has 0 aliphatic carbocycles. The monoisotopic (exact) mass is 138 g/mol. The van der Waals surface area contributed by atoms with Gasteiger partial charge in [-0.15, -0.1) is 0 Å². The molecule has 1 fully saturated rings. The Labute approximate surface area is 61.7 Å². The average molecular weight is 138 g/mol. The second kappa shape index (κ2) is 2.36. The Morgan fingerprint density at radius 2 is 2.30 bits per heavy atom. The second-order valence-corrected chi connectivity index (χ2v) is 3.20. The Bertz CT molecular complexity index is 145. The maximum absolute atomic E-state index is 3.55. The highest BCUT2D eigenvalue weighted by atomic mass is 15.1. The third kappa shape index (κ3) is 0.976. The van der Waals surface area contributed by atoms with E-state index >= 15 is 0 Å². The molecule has 2 heteroatoms. The highest BCUT2D eigenvalue weighted by Crippen LogP contribution is 2.18. The summed E-state index contributed by atoms with van der Waals surface area (Å²) in [6, 6.07) is 0. The third-order valence-electron chi connectivity index (χ3n) is 2.41. The van der Waals surface area contributed by atoms with Crippen LogP contribution in [0.5, 0.6) is 0 Å². The molecule has 0 radical (unpaired) electrons. The van der Waals surface area contributed by atoms with E-state index in [0.717, 1.165) is 19.6 Å². The lowest BCUT2D eigenvalue weighted by atomic mass is 9.95. The molecule has 1 saturated heterocycles. The van der Waals surface area contributed by atoms with Crippen LogP contribution in [0, 0.1) is 0 Å². The van der Waals surface area contributed by atoms with Crippen molar-refractivity contribution in [1.82, 2.24) is 10.6 Å². The lowest BCUT2D eigenvalue weighted by Gasteiger charge is -2.28. The molecule has 0 amide bonds. The summed E-state index contributed by atoms with van der Waals surface area (Å²) in [5, 5.41) is 6.91. The van der Waals surface area contributed by atoms with E-state index in [0.29, 0.717) is 5.54 Å². The first kappa shape index (κ1) is 6.38. The molecule has 1 spiro atoms. The minimum Gasteiger partial charge on any atom is -0.314 e. The van der Waals surface area contributed by atoms with Crippen molar-refractivity contribution in [2.75, 3.05) is 19.6 Å². The van der Waals surface area contributed by atoms with Crippen LogP contribution in [-0.2, 0) is 0 Å². The van der Waals surface area contributed by atoms with Gasteiger partial charge in [-0.05, 0) is 25.9 Å². The molecule has 2 aliphatic rings. The minimum absolute atomic E-state index is 0.332. The van der Waals surface area contributed by atoms with Crippen LogP contribution >= 0.6 is 0 Å². The van der Waals surface area contributed by atoms with E-state index in [4.69, 9.17) is 0 Å². The van der Waals surface area contributed by atoms with Crippen molar-refractivity contribution in [3.8, 4) is 0 Å². The number of nitrogens with one attached hydrogen (secondary N) is 2. The van der Waals surface area contributed by atoms with E-state index in [1.165, 1.54) is 12.8 Å². The van der Waals surface area contributed by atoms with Crippen molar-refractivity contribution in [2.45, 2.75) is 18.4 Å². The quantitative estimate of drug-likeness (QED) is 0.469. The lowest BCUT2D eigenvalue weighted by Crippen LogP contribution is -2.47. The van der Waals surface area contributed by atoms with E-state index in [2.05, 4.69) is 22.8 Å². The van der Waals surface area contributed by atoms with Crippen LogP contribution in [0.25, 0.3) is 0 Å². The highest BCUT2D eigenvalue weighted by molar-refractivity contribution is 5.14. The van der Waals surface area contributed by atoms with Gasteiger partial charge >= 0.3 is 0 Å². The summed E-state index contributed by atoms with van der Waals surface area (Å²) < 4.78 is 0. The zero-order chi connectivity index (χ0) is 6.86. The lowest BCUT2D eigenvalue weighted by molar-refractivity contribution is 0.424. The van der Waals surface area contributed by atoms with E-state index in [1.807, 2.05) is 0 Å². The van der Waals surface area contributed by atoms with Gasteiger partial charge in [0.1, 0.15) is 0 Å². The normalized spacial score (nSPS) is 39.2. The van der Waals surface area contributed by atoms with Gasteiger partial charge in [0.25, 0.3) is 0 Å². The van der Waals surface area contributed by atoms with Crippen LogP contribution in [-0.4, -0.2) is 25.2 Å². The molecule has 1 atom stereocenters. The van der Waals surface area contributed by atoms with Crippen LogP contribution < -0.4 is 10.6 Å². The smallest absolute Gasteiger partial charge is 0.0503 e. The molecule has 56 valence electrons. The Hall–Kier alpha value is -0.340. The largest absolute Gasteiger partial charge is 0.314 e. The Morgan fingerprint density at radius 1 is 1.30 bits per heavy atom. The molecule has 2 aliphatic heterocycles. The highest BCUT2D eigenvalue weighted by Gasteiger charge is 2.31. The van der Waals surface area contributed by atoms with E-state index < -0.39 is 0 Å². The zero-order valence-corrected chi connectivity index (χ0v) is 6.19. The molecule has 2 nitrogen and oxygen atoms in total. The van der Waals surface area contributed by atoms with Crippen LogP contribution in [0.1, 0.15) is 12.8 Å². The molecule has 2 N–H and O–H groups in total. The molecular formula is C8H14N2. The average Bonchev–Trinajstić information content (AvgIpc) is 2.39. The Balaban J connectivity index is 2.11. The topological polar surface area (TPSA) is 24.1 Å². The van der Waals surface area contributed by atoms with Gasteiger partial charge in [-0.1, -0.05) is 12.2 Å². The van der Waals surface area contributed by atoms with Crippen LogP contribution in [0.3, 0.4) is 0 Å². The second-order valence-electron chi connectivity index (χ2n) is 3.20. The number of hydrogen-bond donors (Lipinski definition) is 2. The van der Waals surface area contributed by atoms with Crippen LogP contribution in [0.15, 0.2) is 12.2 Å². The fraction of sp³-hybridized carbons (Fsp3) is 0.750. The van der Waals surface area contributed by atoms with Gasteiger partial charge in [0.15, 0.2) is 0 Å². The molecule has 10 heavy (non-hydrogen) atoms. The van der Waals surface area contributed by atoms with Crippen molar-refractivity contribution >= 4 is 0 Å². The summed E-state index contributed by atoms with van der Waals surface area (Å²) in [6.45, 7) is 3.43. The molecule has 0 saturated carbocycles. The third-order valence-corrected chi connectivity index (χ3v) is 2.41. The Kier molecular flexibility index (Phi) is 1.51. The van der Waals surface area contributed by atoms with E-state index in [1.54, 1.807) is 0 Å². The Morgan fingerprint density at radius 3 is 2.90 bits per heavy atom. The summed E-state index contributed by atoms with van der Waals surface area (Å²) in [5.41, 5.74) is 0.332. The molecular weight excluding hydrogens is 124 g/mol. The van der Waals surface area contributed by atoms with Gasteiger partial charge in [0.2, 0.25) is 0 Å². The molecule has 2 heterocycles. The van der Waals surface area contributed by atoms with Gasteiger partial charge in [0.05, 0.1) is 5.54 Å². The minimum atomic E-state index is 0.332. The predicted molar refractivity (Wildman–Crippen MR) is 42.0 cm³/mol. The van der Waals surface area contributed by atoms with Gasteiger partial charge in [-0.3, -0.25) is 0 Å². The number of rotatable bonds is 0. The fourth-order valence-electron chi connectivity index (χ4n) is 1.78. The first-order valence-corrected chi connectivity index (χ1v) is 4.05. The molecule has 0 bridgehead atoms. The van der Waals surface area contributed by atoms with Crippen molar-refractivity contribution in [2.24, 2.45) is 0 Å². The first-order valence-electron chi connectivity index (χ1n) is 4.05.